The predicted molar refractivity (Wildman–Crippen MR) is 88.2 cm³/mol. The van der Waals surface area contributed by atoms with Crippen LogP contribution in [0.25, 0.3) is 0 Å². The van der Waals surface area contributed by atoms with Crippen molar-refractivity contribution in [3.8, 4) is 0 Å². The fraction of sp³-hybridized carbons (Fsp3) is 0.368. The van der Waals surface area contributed by atoms with E-state index in [4.69, 9.17) is 4.74 Å². The highest BCUT2D eigenvalue weighted by atomic mass is 16.5. The first kappa shape index (κ1) is 15.7. The minimum absolute atomic E-state index is 0.400. The lowest BCUT2D eigenvalue weighted by atomic mass is 10.0. The van der Waals surface area contributed by atoms with Gasteiger partial charge in [0.2, 0.25) is 0 Å². The molecule has 0 saturated heterocycles. The first-order valence-corrected chi connectivity index (χ1v) is 7.59. The molecule has 0 bridgehead atoms. The Labute approximate surface area is 128 Å². The molecule has 1 N–H and O–H groups in total. The average Bonchev–Trinajstić information content (AvgIpc) is 2.50. The summed E-state index contributed by atoms with van der Waals surface area (Å²) < 4.78 is 5.19. The van der Waals surface area contributed by atoms with E-state index in [9.17, 15) is 0 Å². The van der Waals surface area contributed by atoms with Gasteiger partial charge in [0.25, 0.3) is 0 Å². The Morgan fingerprint density at radius 3 is 2.43 bits per heavy atom. The van der Waals surface area contributed by atoms with Gasteiger partial charge >= 0.3 is 0 Å². The molecule has 0 aromatic heterocycles. The number of aryl methyl sites for hydroxylation is 1. The molecule has 2 rings (SSSR count). The maximum absolute atomic E-state index is 5.19. The number of nitrogens with one attached hydrogen (secondary N) is 1. The van der Waals surface area contributed by atoms with Crippen LogP contribution in [0, 0.1) is 6.92 Å². The number of hydrogen-bond acceptors (Lipinski definition) is 2. The molecular formula is C19H25NO. The molecule has 2 aromatic carbocycles. The molecular weight excluding hydrogens is 258 g/mol. The quantitative estimate of drug-likeness (QED) is 0.814. The smallest absolute Gasteiger partial charge is 0.0713 e. The van der Waals surface area contributed by atoms with Gasteiger partial charge in [-0.15, -0.1) is 0 Å². The molecule has 0 fully saturated rings. The largest absolute Gasteiger partial charge is 0.380 e. The van der Waals surface area contributed by atoms with Gasteiger partial charge in [0, 0.05) is 19.7 Å². The normalized spacial score (nSPS) is 12.3. The molecule has 1 unspecified atom stereocenters. The molecule has 0 saturated carbocycles. The standard InChI is InChI=1S/C19H25NO/c1-4-19(18-10-8-15(2)9-11-18)20-13-16-6-5-7-17(12-16)14-21-3/h5-12,19-20H,4,13-14H2,1-3H3. The lowest BCUT2D eigenvalue weighted by Gasteiger charge is -2.18. The van der Waals surface area contributed by atoms with Crippen LogP contribution in [0.5, 0.6) is 0 Å². The Morgan fingerprint density at radius 1 is 1.05 bits per heavy atom. The van der Waals surface area contributed by atoms with E-state index >= 15 is 0 Å². The van der Waals surface area contributed by atoms with Gasteiger partial charge in [-0.05, 0) is 30.0 Å². The maximum atomic E-state index is 5.19. The Kier molecular flexibility index (Phi) is 5.97. The van der Waals surface area contributed by atoms with Crippen LogP contribution in [-0.4, -0.2) is 7.11 Å². The molecule has 21 heavy (non-hydrogen) atoms. The number of hydrogen-bond donors (Lipinski definition) is 1. The van der Waals surface area contributed by atoms with Crippen LogP contribution in [0.3, 0.4) is 0 Å². The lowest BCUT2D eigenvalue weighted by Crippen LogP contribution is -2.20. The second-order valence-electron chi connectivity index (χ2n) is 5.51. The highest BCUT2D eigenvalue weighted by Crippen LogP contribution is 2.18. The van der Waals surface area contributed by atoms with Gasteiger partial charge in [-0.25, -0.2) is 0 Å². The maximum Gasteiger partial charge on any atom is 0.0713 e. The van der Waals surface area contributed by atoms with Crippen molar-refractivity contribution in [2.24, 2.45) is 0 Å². The molecule has 0 spiro atoms. The van der Waals surface area contributed by atoms with Gasteiger partial charge < -0.3 is 10.1 Å². The molecule has 2 aromatic rings. The SMILES string of the molecule is CCC(NCc1cccc(COC)c1)c1ccc(C)cc1. The molecule has 112 valence electrons. The summed E-state index contributed by atoms with van der Waals surface area (Å²) in [6.07, 6.45) is 1.08. The van der Waals surface area contributed by atoms with Crippen LogP contribution in [0.2, 0.25) is 0 Å². The van der Waals surface area contributed by atoms with Crippen LogP contribution in [0.15, 0.2) is 48.5 Å². The van der Waals surface area contributed by atoms with Crippen LogP contribution < -0.4 is 5.32 Å². The molecule has 0 aliphatic rings. The van der Waals surface area contributed by atoms with Crippen molar-refractivity contribution >= 4 is 0 Å². The molecule has 1 atom stereocenters. The number of benzene rings is 2. The minimum Gasteiger partial charge on any atom is -0.380 e. The summed E-state index contributed by atoms with van der Waals surface area (Å²) in [5, 5.41) is 3.65. The van der Waals surface area contributed by atoms with Gasteiger partial charge in [0.1, 0.15) is 0 Å². The van der Waals surface area contributed by atoms with Crippen molar-refractivity contribution in [2.45, 2.75) is 39.5 Å². The summed E-state index contributed by atoms with van der Waals surface area (Å²) in [6, 6.07) is 17.8. The third-order valence-electron chi connectivity index (χ3n) is 3.74. The molecule has 0 aliphatic heterocycles. The zero-order valence-electron chi connectivity index (χ0n) is 13.2. The summed E-state index contributed by atoms with van der Waals surface area (Å²) >= 11 is 0. The van der Waals surface area contributed by atoms with E-state index in [2.05, 4.69) is 67.7 Å². The molecule has 0 radical (unpaired) electrons. The summed E-state index contributed by atoms with van der Waals surface area (Å²) in [5.74, 6) is 0. The van der Waals surface area contributed by atoms with E-state index in [1.165, 1.54) is 22.3 Å². The summed E-state index contributed by atoms with van der Waals surface area (Å²) in [5.41, 5.74) is 5.19. The van der Waals surface area contributed by atoms with Crippen LogP contribution in [0.4, 0.5) is 0 Å². The highest BCUT2D eigenvalue weighted by Gasteiger charge is 2.08. The number of ether oxygens (including phenoxy) is 1. The Morgan fingerprint density at radius 2 is 1.76 bits per heavy atom. The Hall–Kier alpha value is -1.64. The summed E-state index contributed by atoms with van der Waals surface area (Å²) in [4.78, 5) is 0. The fourth-order valence-electron chi connectivity index (χ4n) is 2.53. The van der Waals surface area contributed by atoms with Crippen LogP contribution in [-0.2, 0) is 17.9 Å². The second kappa shape index (κ2) is 7.96. The average molecular weight is 283 g/mol. The van der Waals surface area contributed by atoms with Crippen LogP contribution >= 0.6 is 0 Å². The van der Waals surface area contributed by atoms with E-state index < -0.39 is 0 Å². The Bertz CT molecular complexity index is 548. The zero-order valence-corrected chi connectivity index (χ0v) is 13.2. The molecule has 0 aliphatic carbocycles. The topological polar surface area (TPSA) is 21.3 Å². The predicted octanol–water partition coefficient (Wildman–Crippen LogP) is 4.38. The number of rotatable bonds is 7. The van der Waals surface area contributed by atoms with Crippen molar-refractivity contribution < 1.29 is 4.74 Å². The van der Waals surface area contributed by atoms with Gasteiger partial charge in [0.05, 0.1) is 6.61 Å². The minimum atomic E-state index is 0.400. The van der Waals surface area contributed by atoms with Crippen molar-refractivity contribution in [2.75, 3.05) is 7.11 Å². The van der Waals surface area contributed by atoms with E-state index in [1.54, 1.807) is 7.11 Å². The van der Waals surface area contributed by atoms with Gasteiger partial charge in [-0.2, -0.15) is 0 Å². The summed E-state index contributed by atoms with van der Waals surface area (Å²) in [7, 11) is 1.73. The highest BCUT2D eigenvalue weighted by molar-refractivity contribution is 5.25. The third kappa shape index (κ3) is 4.69. The first-order chi connectivity index (χ1) is 10.2. The van der Waals surface area contributed by atoms with E-state index in [0.717, 1.165) is 13.0 Å². The van der Waals surface area contributed by atoms with Gasteiger partial charge in [-0.1, -0.05) is 61.0 Å². The lowest BCUT2D eigenvalue weighted by molar-refractivity contribution is 0.185. The van der Waals surface area contributed by atoms with E-state index in [-0.39, 0.29) is 0 Å². The van der Waals surface area contributed by atoms with Gasteiger partial charge in [-0.3, -0.25) is 0 Å². The van der Waals surface area contributed by atoms with Crippen molar-refractivity contribution in [1.82, 2.24) is 5.32 Å². The van der Waals surface area contributed by atoms with Crippen molar-refractivity contribution in [1.29, 1.82) is 0 Å². The molecule has 2 nitrogen and oxygen atoms in total. The first-order valence-electron chi connectivity index (χ1n) is 7.59. The van der Waals surface area contributed by atoms with Crippen molar-refractivity contribution in [3.63, 3.8) is 0 Å². The Balaban J connectivity index is 1.99. The van der Waals surface area contributed by atoms with Crippen LogP contribution in [0.1, 0.15) is 41.6 Å². The van der Waals surface area contributed by atoms with E-state index in [1.807, 2.05) is 0 Å². The summed E-state index contributed by atoms with van der Waals surface area (Å²) in [6.45, 7) is 5.89. The van der Waals surface area contributed by atoms with E-state index in [0.29, 0.717) is 12.6 Å². The monoisotopic (exact) mass is 283 g/mol. The van der Waals surface area contributed by atoms with Gasteiger partial charge in [0.15, 0.2) is 0 Å². The van der Waals surface area contributed by atoms with Crippen molar-refractivity contribution in [3.05, 3.63) is 70.8 Å². The molecule has 2 heteroatoms. The number of methoxy groups -OCH3 is 1. The second-order valence-corrected chi connectivity index (χ2v) is 5.51. The zero-order chi connectivity index (χ0) is 15.1. The molecule has 0 amide bonds. The third-order valence-corrected chi connectivity index (χ3v) is 3.74. The molecule has 0 heterocycles. The fourth-order valence-corrected chi connectivity index (χ4v) is 2.53.